The first-order valence-corrected chi connectivity index (χ1v) is 4.48. The molecule has 2 aromatic rings. The molecule has 1 heterocycles. The smallest absolute Gasteiger partial charge is 0.223 e. The molecule has 0 aliphatic heterocycles. The predicted octanol–water partition coefficient (Wildman–Crippen LogP) is 1.57. The van der Waals surface area contributed by atoms with Crippen LogP contribution >= 0.6 is 0 Å². The SMILES string of the molecule is Cc1nc(C(N)c2ccccc2F)no1. The molecule has 5 heteroatoms. The van der Waals surface area contributed by atoms with Gasteiger partial charge in [-0.05, 0) is 6.07 Å². The zero-order valence-electron chi connectivity index (χ0n) is 8.14. The van der Waals surface area contributed by atoms with Crippen LogP contribution in [0.3, 0.4) is 0 Å². The van der Waals surface area contributed by atoms with E-state index in [0.29, 0.717) is 11.5 Å². The third-order valence-electron chi connectivity index (χ3n) is 2.06. The van der Waals surface area contributed by atoms with Crippen LogP contribution in [-0.4, -0.2) is 10.1 Å². The van der Waals surface area contributed by atoms with Crippen molar-refractivity contribution >= 4 is 0 Å². The number of aromatic nitrogens is 2. The highest BCUT2D eigenvalue weighted by Gasteiger charge is 2.17. The molecule has 78 valence electrons. The molecule has 15 heavy (non-hydrogen) atoms. The van der Waals surface area contributed by atoms with Crippen molar-refractivity contribution in [3.63, 3.8) is 0 Å². The quantitative estimate of drug-likeness (QED) is 0.811. The first kappa shape index (κ1) is 9.79. The fourth-order valence-electron chi connectivity index (χ4n) is 1.31. The van der Waals surface area contributed by atoms with Gasteiger partial charge in [-0.15, -0.1) is 0 Å². The number of hydrogen-bond acceptors (Lipinski definition) is 4. The molecule has 0 bridgehead atoms. The molecule has 1 aromatic carbocycles. The van der Waals surface area contributed by atoms with Crippen LogP contribution in [0.1, 0.15) is 23.3 Å². The summed E-state index contributed by atoms with van der Waals surface area (Å²) in [6.45, 7) is 1.66. The van der Waals surface area contributed by atoms with Crippen LogP contribution in [0.2, 0.25) is 0 Å². The molecule has 0 aliphatic carbocycles. The molecular formula is C10H10FN3O. The summed E-state index contributed by atoms with van der Waals surface area (Å²) in [7, 11) is 0. The van der Waals surface area contributed by atoms with Gasteiger partial charge in [0.15, 0.2) is 5.82 Å². The van der Waals surface area contributed by atoms with Gasteiger partial charge >= 0.3 is 0 Å². The maximum absolute atomic E-state index is 13.4. The van der Waals surface area contributed by atoms with Crippen molar-refractivity contribution < 1.29 is 8.91 Å². The number of hydrogen-bond donors (Lipinski definition) is 1. The van der Waals surface area contributed by atoms with E-state index in [1.165, 1.54) is 6.07 Å². The fourth-order valence-corrected chi connectivity index (χ4v) is 1.31. The summed E-state index contributed by atoms with van der Waals surface area (Å²) < 4.78 is 18.1. The lowest BCUT2D eigenvalue weighted by Gasteiger charge is -2.07. The molecule has 2 rings (SSSR count). The second-order valence-electron chi connectivity index (χ2n) is 3.17. The van der Waals surface area contributed by atoms with E-state index < -0.39 is 6.04 Å². The van der Waals surface area contributed by atoms with Crippen molar-refractivity contribution in [2.75, 3.05) is 0 Å². The minimum absolute atomic E-state index is 0.289. The number of nitrogens with two attached hydrogens (primary N) is 1. The molecule has 0 spiro atoms. The van der Waals surface area contributed by atoms with Crippen molar-refractivity contribution in [3.8, 4) is 0 Å². The molecular weight excluding hydrogens is 197 g/mol. The maximum atomic E-state index is 13.4. The highest BCUT2D eigenvalue weighted by Crippen LogP contribution is 2.19. The number of aryl methyl sites for hydroxylation is 1. The number of nitrogens with zero attached hydrogens (tertiary/aromatic N) is 2. The first-order chi connectivity index (χ1) is 7.18. The van der Waals surface area contributed by atoms with E-state index in [2.05, 4.69) is 10.1 Å². The number of rotatable bonds is 2. The van der Waals surface area contributed by atoms with Gasteiger partial charge in [0.2, 0.25) is 5.89 Å². The Labute approximate surface area is 85.9 Å². The van der Waals surface area contributed by atoms with E-state index in [1.54, 1.807) is 25.1 Å². The summed E-state index contributed by atoms with van der Waals surface area (Å²) in [6.07, 6.45) is 0. The van der Waals surface area contributed by atoms with Crippen molar-refractivity contribution in [3.05, 3.63) is 47.4 Å². The van der Waals surface area contributed by atoms with Crippen molar-refractivity contribution in [1.29, 1.82) is 0 Å². The molecule has 0 saturated heterocycles. The molecule has 1 unspecified atom stereocenters. The zero-order chi connectivity index (χ0) is 10.8. The minimum Gasteiger partial charge on any atom is -0.340 e. The van der Waals surface area contributed by atoms with Crippen LogP contribution in [0.5, 0.6) is 0 Å². The van der Waals surface area contributed by atoms with Gasteiger partial charge in [-0.3, -0.25) is 0 Å². The lowest BCUT2D eigenvalue weighted by Crippen LogP contribution is -2.15. The molecule has 0 amide bonds. The predicted molar refractivity (Wildman–Crippen MR) is 51.5 cm³/mol. The highest BCUT2D eigenvalue weighted by molar-refractivity contribution is 5.25. The zero-order valence-corrected chi connectivity index (χ0v) is 8.14. The van der Waals surface area contributed by atoms with E-state index in [0.717, 1.165) is 0 Å². The Balaban J connectivity index is 2.36. The number of halogens is 1. The van der Waals surface area contributed by atoms with Gasteiger partial charge < -0.3 is 10.3 Å². The third kappa shape index (κ3) is 1.87. The van der Waals surface area contributed by atoms with E-state index in [1.807, 2.05) is 0 Å². The number of benzene rings is 1. The normalized spacial score (nSPS) is 12.7. The van der Waals surface area contributed by atoms with Gasteiger partial charge in [0.1, 0.15) is 5.82 Å². The van der Waals surface area contributed by atoms with Crippen LogP contribution in [-0.2, 0) is 0 Å². The minimum atomic E-state index is -0.691. The van der Waals surface area contributed by atoms with Crippen LogP contribution in [0.4, 0.5) is 4.39 Å². The Morgan fingerprint density at radius 2 is 2.13 bits per heavy atom. The van der Waals surface area contributed by atoms with Gasteiger partial charge in [-0.1, -0.05) is 23.4 Å². The molecule has 1 atom stereocenters. The second-order valence-corrected chi connectivity index (χ2v) is 3.17. The fraction of sp³-hybridized carbons (Fsp3) is 0.200. The Morgan fingerprint density at radius 1 is 1.40 bits per heavy atom. The average molecular weight is 207 g/mol. The maximum Gasteiger partial charge on any atom is 0.223 e. The molecule has 4 nitrogen and oxygen atoms in total. The van der Waals surface area contributed by atoms with E-state index in [9.17, 15) is 4.39 Å². The molecule has 1 aromatic heterocycles. The lowest BCUT2D eigenvalue weighted by molar-refractivity contribution is 0.385. The average Bonchev–Trinajstić information content (AvgIpc) is 2.65. The topological polar surface area (TPSA) is 64.9 Å². The van der Waals surface area contributed by atoms with Crippen LogP contribution in [0.15, 0.2) is 28.8 Å². The van der Waals surface area contributed by atoms with Crippen molar-refractivity contribution in [1.82, 2.24) is 10.1 Å². The van der Waals surface area contributed by atoms with Gasteiger partial charge in [-0.2, -0.15) is 4.98 Å². The van der Waals surface area contributed by atoms with E-state index in [-0.39, 0.29) is 11.6 Å². The van der Waals surface area contributed by atoms with Crippen molar-refractivity contribution in [2.24, 2.45) is 5.73 Å². The summed E-state index contributed by atoms with van der Waals surface area (Å²) in [5.74, 6) is 0.335. The van der Waals surface area contributed by atoms with Gasteiger partial charge in [0, 0.05) is 12.5 Å². The largest absolute Gasteiger partial charge is 0.340 e. The molecule has 0 saturated carbocycles. The standard InChI is InChI=1S/C10H10FN3O/c1-6-13-10(14-15-6)9(12)7-4-2-3-5-8(7)11/h2-5,9H,12H2,1H3. The summed E-state index contributed by atoms with van der Waals surface area (Å²) in [6, 6.07) is 5.58. The van der Waals surface area contributed by atoms with Gasteiger partial charge in [0.05, 0.1) is 6.04 Å². The Bertz CT molecular complexity index is 469. The molecule has 2 N–H and O–H groups in total. The van der Waals surface area contributed by atoms with Crippen LogP contribution < -0.4 is 5.73 Å². The Morgan fingerprint density at radius 3 is 2.73 bits per heavy atom. The van der Waals surface area contributed by atoms with Gasteiger partial charge in [0.25, 0.3) is 0 Å². The van der Waals surface area contributed by atoms with Gasteiger partial charge in [-0.25, -0.2) is 4.39 Å². The Hall–Kier alpha value is -1.75. The summed E-state index contributed by atoms with van der Waals surface area (Å²) in [5.41, 5.74) is 6.17. The third-order valence-corrected chi connectivity index (χ3v) is 2.06. The Kier molecular flexibility index (Phi) is 2.47. The lowest BCUT2D eigenvalue weighted by atomic mass is 10.1. The van der Waals surface area contributed by atoms with Crippen molar-refractivity contribution in [2.45, 2.75) is 13.0 Å². The van der Waals surface area contributed by atoms with E-state index in [4.69, 9.17) is 10.3 Å². The van der Waals surface area contributed by atoms with Crippen LogP contribution in [0, 0.1) is 12.7 Å². The molecule has 0 fully saturated rings. The summed E-state index contributed by atoms with van der Waals surface area (Å²) >= 11 is 0. The first-order valence-electron chi connectivity index (χ1n) is 4.48. The highest BCUT2D eigenvalue weighted by atomic mass is 19.1. The summed E-state index contributed by atoms with van der Waals surface area (Å²) in [4.78, 5) is 3.96. The second kappa shape index (κ2) is 3.78. The summed E-state index contributed by atoms with van der Waals surface area (Å²) in [5, 5.41) is 3.66. The van der Waals surface area contributed by atoms with Crippen LogP contribution in [0.25, 0.3) is 0 Å². The van der Waals surface area contributed by atoms with E-state index >= 15 is 0 Å². The monoisotopic (exact) mass is 207 g/mol. The molecule has 0 aliphatic rings. The molecule has 0 radical (unpaired) electrons.